The third-order valence-electron chi connectivity index (χ3n) is 3.84. The van der Waals surface area contributed by atoms with E-state index in [1.165, 1.54) is 17.2 Å². The molecule has 0 fully saturated rings. The average Bonchev–Trinajstić information content (AvgIpc) is 3.15. The number of carbonyl (C=O) groups excluding carboxylic acids is 1. The van der Waals surface area contributed by atoms with E-state index in [1.807, 2.05) is 6.07 Å². The summed E-state index contributed by atoms with van der Waals surface area (Å²) in [6.45, 7) is 1.59. The zero-order valence-electron chi connectivity index (χ0n) is 14.0. The molecule has 1 amide bonds. The van der Waals surface area contributed by atoms with Gasteiger partial charge in [0.25, 0.3) is 5.91 Å². The predicted octanol–water partition coefficient (Wildman–Crippen LogP) is 2.18. The van der Waals surface area contributed by atoms with Crippen molar-refractivity contribution in [1.82, 2.24) is 25.1 Å². The van der Waals surface area contributed by atoms with E-state index < -0.39 is 30.1 Å². The lowest BCUT2D eigenvalue weighted by Gasteiger charge is -2.18. The van der Waals surface area contributed by atoms with Crippen LogP contribution in [-0.2, 0) is 4.79 Å². The number of pyridine rings is 1. The van der Waals surface area contributed by atoms with Crippen molar-refractivity contribution in [3.63, 3.8) is 0 Å². The number of halogens is 3. The van der Waals surface area contributed by atoms with Crippen LogP contribution >= 0.6 is 0 Å². The van der Waals surface area contributed by atoms with Crippen LogP contribution in [0.2, 0.25) is 0 Å². The summed E-state index contributed by atoms with van der Waals surface area (Å²) in [4.78, 5) is 20.4. The highest BCUT2D eigenvalue weighted by molar-refractivity contribution is 5.96. The molecule has 2 aromatic heterocycles. The van der Waals surface area contributed by atoms with Gasteiger partial charge in [-0.15, -0.1) is 0 Å². The van der Waals surface area contributed by atoms with E-state index >= 15 is 0 Å². The average molecular weight is 374 g/mol. The van der Waals surface area contributed by atoms with Crippen LogP contribution in [0.5, 0.6) is 0 Å². The number of nitriles is 1. The summed E-state index contributed by atoms with van der Waals surface area (Å²) in [7, 11) is 0. The van der Waals surface area contributed by atoms with Crippen molar-refractivity contribution in [3.8, 4) is 11.9 Å². The number of amides is 1. The Bertz CT molecular complexity index is 960. The van der Waals surface area contributed by atoms with Crippen molar-refractivity contribution in [2.24, 2.45) is 0 Å². The van der Waals surface area contributed by atoms with Crippen LogP contribution in [0, 0.1) is 11.3 Å². The number of allylic oxidation sites excluding steroid dienone is 2. The first-order chi connectivity index (χ1) is 12.9. The fourth-order valence-corrected chi connectivity index (χ4v) is 2.47. The summed E-state index contributed by atoms with van der Waals surface area (Å²) >= 11 is 0. The van der Waals surface area contributed by atoms with E-state index in [9.17, 15) is 18.0 Å². The van der Waals surface area contributed by atoms with Crippen LogP contribution in [0.1, 0.15) is 24.4 Å². The van der Waals surface area contributed by atoms with Crippen LogP contribution in [0.25, 0.3) is 5.82 Å². The van der Waals surface area contributed by atoms with Crippen molar-refractivity contribution in [2.75, 3.05) is 0 Å². The Hall–Kier alpha value is -3.48. The molecule has 2 heterocycles. The van der Waals surface area contributed by atoms with Crippen LogP contribution < -0.4 is 5.32 Å². The lowest BCUT2D eigenvalue weighted by molar-refractivity contribution is -0.118. The van der Waals surface area contributed by atoms with Gasteiger partial charge in [0.1, 0.15) is 18.2 Å². The minimum Gasteiger partial charge on any atom is -0.342 e. The fourth-order valence-electron chi connectivity index (χ4n) is 2.47. The smallest absolute Gasteiger partial charge is 0.251 e. The molecular formula is C17H13F3N6O. The second kappa shape index (κ2) is 7.41. The maximum absolute atomic E-state index is 13.4. The van der Waals surface area contributed by atoms with E-state index in [2.05, 4.69) is 20.4 Å². The van der Waals surface area contributed by atoms with Crippen molar-refractivity contribution in [3.05, 3.63) is 59.6 Å². The van der Waals surface area contributed by atoms with Gasteiger partial charge in [-0.25, -0.2) is 23.1 Å². The Balaban J connectivity index is 1.79. The molecule has 10 heteroatoms. The predicted molar refractivity (Wildman–Crippen MR) is 87.5 cm³/mol. The Morgan fingerprint density at radius 1 is 1.37 bits per heavy atom. The van der Waals surface area contributed by atoms with E-state index in [4.69, 9.17) is 5.26 Å². The molecule has 7 nitrogen and oxygen atoms in total. The van der Waals surface area contributed by atoms with Crippen LogP contribution in [0.15, 0.2) is 48.2 Å². The molecule has 1 aliphatic rings. The summed E-state index contributed by atoms with van der Waals surface area (Å²) in [6.07, 6.45) is -0.623. The Labute approximate surface area is 151 Å². The number of hydrogen-bond acceptors (Lipinski definition) is 5. The molecule has 2 aromatic rings. The Kier molecular flexibility index (Phi) is 5.03. The van der Waals surface area contributed by atoms with Gasteiger partial charge >= 0.3 is 0 Å². The summed E-state index contributed by atoms with van der Waals surface area (Å²) in [5.74, 6) is -1.45. The number of alkyl halides is 2. The number of nitrogens with one attached hydrogen (secondary N) is 1. The normalized spacial score (nSPS) is 20.3. The molecule has 3 unspecified atom stereocenters. The van der Waals surface area contributed by atoms with Gasteiger partial charge in [0.2, 0.25) is 0 Å². The SMILES string of the molecule is CC(NC(=O)C1=CC(F)C(F)C(F)=C1)c1ncnn1-c1ccc(C#N)cn1. The molecule has 0 radical (unpaired) electrons. The summed E-state index contributed by atoms with van der Waals surface area (Å²) < 4.78 is 41.3. The number of aromatic nitrogens is 4. The van der Waals surface area contributed by atoms with Crippen LogP contribution in [0.3, 0.4) is 0 Å². The minimum atomic E-state index is -2.40. The highest BCUT2D eigenvalue weighted by Gasteiger charge is 2.30. The van der Waals surface area contributed by atoms with Gasteiger partial charge in [0.15, 0.2) is 24.0 Å². The van der Waals surface area contributed by atoms with Gasteiger partial charge in [-0.2, -0.15) is 15.0 Å². The monoisotopic (exact) mass is 374 g/mol. The molecule has 1 N–H and O–H groups in total. The molecule has 0 aliphatic heterocycles. The van der Waals surface area contributed by atoms with Crippen molar-refractivity contribution >= 4 is 5.91 Å². The summed E-state index contributed by atoms with van der Waals surface area (Å²) in [5.41, 5.74) is 0.0510. The molecule has 3 rings (SSSR count). The van der Waals surface area contributed by atoms with Crippen LogP contribution in [-0.4, -0.2) is 38.0 Å². The fraction of sp³-hybridized carbons (Fsp3) is 0.235. The molecule has 0 bridgehead atoms. The van der Waals surface area contributed by atoms with Gasteiger partial charge in [-0.05, 0) is 31.2 Å². The first-order valence-electron chi connectivity index (χ1n) is 7.85. The third-order valence-corrected chi connectivity index (χ3v) is 3.84. The van der Waals surface area contributed by atoms with Gasteiger partial charge in [0.05, 0.1) is 11.6 Å². The van der Waals surface area contributed by atoms with E-state index in [0.717, 1.165) is 6.08 Å². The van der Waals surface area contributed by atoms with Gasteiger partial charge in [0, 0.05) is 11.8 Å². The zero-order chi connectivity index (χ0) is 19.6. The van der Waals surface area contributed by atoms with E-state index in [0.29, 0.717) is 23.3 Å². The molecule has 1 aliphatic carbocycles. The zero-order valence-corrected chi connectivity index (χ0v) is 14.0. The second-order valence-corrected chi connectivity index (χ2v) is 5.74. The van der Waals surface area contributed by atoms with Crippen LogP contribution in [0.4, 0.5) is 13.2 Å². The lowest BCUT2D eigenvalue weighted by Crippen LogP contribution is -2.32. The number of rotatable bonds is 4. The van der Waals surface area contributed by atoms with Crippen molar-refractivity contribution < 1.29 is 18.0 Å². The van der Waals surface area contributed by atoms with Crippen molar-refractivity contribution in [2.45, 2.75) is 25.3 Å². The topological polar surface area (TPSA) is 96.5 Å². The Morgan fingerprint density at radius 3 is 2.78 bits per heavy atom. The number of carbonyl (C=O) groups is 1. The maximum atomic E-state index is 13.4. The van der Waals surface area contributed by atoms with Gasteiger partial charge < -0.3 is 5.32 Å². The molecule has 0 saturated heterocycles. The Morgan fingerprint density at radius 2 is 2.15 bits per heavy atom. The van der Waals surface area contributed by atoms with Gasteiger partial charge in [-0.3, -0.25) is 4.79 Å². The quantitative estimate of drug-likeness (QED) is 0.885. The maximum Gasteiger partial charge on any atom is 0.251 e. The number of hydrogen-bond donors (Lipinski definition) is 1. The second-order valence-electron chi connectivity index (χ2n) is 5.74. The summed E-state index contributed by atoms with van der Waals surface area (Å²) in [5, 5.41) is 15.4. The molecule has 138 valence electrons. The molecule has 3 atom stereocenters. The summed E-state index contributed by atoms with van der Waals surface area (Å²) in [6, 6.07) is 4.35. The van der Waals surface area contributed by atoms with E-state index in [-0.39, 0.29) is 5.57 Å². The lowest BCUT2D eigenvalue weighted by atomic mass is 10.0. The minimum absolute atomic E-state index is 0.307. The standard InChI is InChI=1S/C17H13F3N6O/c1-9(25-17(27)11-4-12(18)15(20)13(19)5-11)16-23-8-24-26(16)14-3-2-10(6-21)7-22-14/h2-5,7-9,12,15H,1H3,(H,25,27). The van der Waals surface area contributed by atoms with E-state index in [1.54, 1.807) is 19.1 Å². The molecule has 0 spiro atoms. The first kappa shape index (κ1) is 18.3. The third kappa shape index (κ3) is 3.72. The largest absolute Gasteiger partial charge is 0.342 e. The number of nitrogens with zero attached hydrogens (tertiary/aromatic N) is 5. The molecule has 0 saturated carbocycles. The molecule has 27 heavy (non-hydrogen) atoms. The highest BCUT2D eigenvalue weighted by Crippen LogP contribution is 2.25. The highest BCUT2D eigenvalue weighted by atomic mass is 19.2. The van der Waals surface area contributed by atoms with Crippen molar-refractivity contribution in [1.29, 1.82) is 5.26 Å². The molecule has 0 aromatic carbocycles. The van der Waals surface area contributed by atoms with Gasteiger partial charge in [-0.1, -0.05) is 0 Å². The molecular weight excluding hydrogens is 361 g/mol. The first-order valence-corrected chi connectivity index (χ1v) is 7.85.